The van der Waals surface area contributed by atoms with Crippen LogP contribution in [0.4, 0.5) is 10.3 Å². The zero-order valence-corrected chi connectivity index (χ0v) is 20.8. The summed E-state index contributed by atoms with van der Waals surface area (Å²) in [6.07, 6.45) is 1.38. The molecule has 0 saturated heterocycles. The smallest absolute Gasteiger partial charge is 0.278 e. The van der Waals surface area contributed by atoms with E-state index in [0.717, 1.165) is 29.3 Å². The van der Waals surface area contributed by atoms with Gasteiger partial charge in [-0.15, -0.1) is 0 Å². The highest BCUT2D eigenvalue weighted by atomic mass is 19.1. The number of nitrogens with one attached hydrogen (secondary N) is 1. The van der Waals surface area contributed by atoms with Gasteiger partial charge in [-0.25, -0.2) is 14.4 Å². The van der Waals surface area contributed by atoms with Gasteiger partial charge in [0.25, 0.3) is 5.91 Å². The molecular weight excluding hydrogens is 490 g/mol. The Bertz CT molecular complexity index is 1600. The Morgan fingerprint density at radius 2 is 2.03 bits per heavy atom. The molecule has 0 bridgehead atoms. The Balaban J connectivity index is 1.60. The highest BCUT2D eigenvalue weighted by molar-refractivity contribution is 6.13. The Kier molecular flexibility index (Phi) is 6.32. The van der Waals surface area contributed by atoms with Gasteiger partial charge in [-0.05, 0) is 49.8 Å². The predicted molar refractivity (Wildman–Crippen MR) is 137 cm³/mol. The molecule has 0 amide bonds. The number of anilines is 1. The van der Waals surface area contributed by atoms with Crippen LogP contribution < -0.4 is 10.1 Å². The summed E-state index contributed by atoms with van der Waals surface area (Å²) < 4.78 is 21.5. The van der Waals surface area contributed by atoms with E-state index in [1.807, 2.05) is 39.2 Å². The van der Waals surface area contributed by atoms with E-state index in [9.17, 15) is 25.0 Å². The van der Waals surface area contributed by atoms with Gasteiger partial charge < -0.3 is 30.3 Å². The molecule has 1 aliphatic heterocycles. The fourth-order valence-electron chi connectivity index (χ4n) is 4.73. The van der Waals surface area contributed by atoms with Crippen molar-refractivity contribution in [3.63, 3.8) is 0 Å². The van der Waals surface area contributed by atoms with Crippen LogP contribution >= 0.6 is 0 Å². The number of benzene rings is 2. The standard InChI is InChI=1S/C26H24BFN6O4/c1-13-8-14(11-33(2)3)4-5-16(13)17-10-30-25(34-12-15(9-29)31-23(17)34)32-26(36,37)21-18(28)6-7-19-20(21)22(27)24(35)38-19/h4-8,10,12,22,24,35-37H,11H2,1-3H3,(H,30,32). The molecule has 10 nitrogen and oxygen atoms in total. The number of aliphatic hydroxyl groups excluding tert-OH is 1. The number of halogens is 1. The number of imidazole rings is 1. The second-order valence-electron chi connectivity index (χ2n) is 9.48. The molecule has 2 radical (unpaired) electrons. The van der Waals surface area contributed by atoms with Crippen molar-refractivity contribution in [3.05, 3.63) is 76.5 Å². The van der Waals surface area contributed by atoms with E-state index in [2.05, 4.69) is 26.3 Å². The van der Waals surface area contributed by atoms with Crippen LogP contribution in [0.15, 0.2) is 42.7 Å². The van der Waals surface area contributed by atoms with Crippen LogP contribution in [-0.2, 0) is 12.5 Å². The largest absolute Gasteiger partial charge is 0.465 e. The van der Waals surface area contributed by atoms with E-state index in [4.69, 9.17) is 12.6 Å². The summed E-state index contributed by atoms with van der Waals surface area (Å²) in [4.78, 5) is 10.8. The minimum atomic E-state index is -3.03. The van der Waals surface area contributed by atoms with Crippen LogP contribution in [0.1, 0.15) is 33.8 Å². The predicted octanol–water partition coefficient (Wildman–Crippen LogP) is 1.90. The molecule has 0 fully saturated rings. The van der Waals surface area contributed by atoms with Crippen molar-refractivity contribution in [3.8, 4) is 22.9 Å². The third kappa shape index (κ3) is 4.35. The molecule has 0 spiro atoms. The number of aliphatic hydroxyl groups is 3. The third-order valence-electron chi connectivity index (χ3n) is 6.36. The van der Waals surface area contributed by atoms with Gasteiger partial charge in [0.05, 0.1) is 19.6 Å². The van der Waals surface area contributed by atoms with Gasteiger partial charge >= 0.3 is 0 Å². The molecule has 12 heteroatoms. The number of nitrogens with zero attached hydrogens (tertiary/aromatic N) is 5. The molecular formula is C26H24BFN6O4. The normalized spacial score (nSPS) is 16.9. The highest BCUT2D eigenvalue weighted by Crippen LogP contribution is 2.42. The molecule has 0 aliphatic carbocycles. The summed E-state index contributed by atoms with van der Waals surface area (Å²) in [5, 5.41) is 43.9. The average molecular weight is 514 g/mol. The number of aryl methyl sites for hydroxylation is 1. The first-order chi connectivity index (χ1) is 18.0. The molecule has 1 aliphatic rings. The summed E-state index contributed by atoms with van der Waals surface area (Å²) in [6.45, 7) is 2.72. The van der Waals surface area contributed by atoms with Crippen molar-refractivity contribution < 1.29 is 24.4 Å². The molecule has 2 aromatic heterocycles. The summed E-state index contributed by atoms with van der Waals surface area (Å²) >= 11 is 0. The Morgan fingerprint density at radius 1 is 1.26 bits per heavy atom. The van der Waals surface area contributed by atoms with Crippen LogP contribution in [0.3, 0.4) is 0 Å². The Hall–Kier alpha value is -4.02. The minimum absolute atomic E-state index is 0.0201. The lowest BCUT2D eigenvalue weighted by Gasteiger charge is -2.27. The number of aromatic nitrogens is 3. The fourth-order valence-corrected chi connectivity index (χ4v) is 4.73. The van der Waals surface area contributed by atoms with E-state index < -0.39 is 29.4 Å². The second kappa shape index (κ2) is 9.38. The third-order valence-corrected chi connectivity index (χ3v) is 6.36. The topological polar surface area (TPSA) is 139 Å². The number of ether oxygens (including phenoxy) is 1. The summed E-state index contributed by atoms with van der Waals surface area (Å²) in [7, 11) is 9.90. The Labute approximate surface area is 219 Å². The van der Waals surface area contributed by atoms with Crippen molar-refractivity contribution >= 4 is 19.4 Å². The van der Waals surface area contributed by atoms with Crippen molar-refractivity contribution in [2.75, 3.05) is 19.4 Å². The van der Waals surface area contributed by atoms with Gasteiger partial charge in [0.2, 0.25) is 5.95 Å². The van der Waals surface area contributed by atoms with Crippen LogP contribution in [0, 0.1) is 24.1 Å². The summed E-state index contributed by atoms with van der Waals surface area (Å²) in [5.74, 6) is -5.34. The first-order valence-corrected chi connectivity index (χ1v) is 11.7. The first kappa shape index (κ1) is 25.6. The minimum Gasteiger partial charge on any atom is -0.465 e. The van der Waals surface area contributed by atoms with Gasteiger partial charge in [0.1, 0.15) is 17.6 Å². The monoisotopic (exact) mass is 514 g/mol. The molecule has 0 saturated carbocycles. The molecule has 38 heavy (non-hydrogen) atoms. The lowest BCUT2D eigenvalue weighted by Crippen LogP contribution is -2.38. The molecule has 3 heterocycles. The molecule has 2 aromatic carbocycles. The van der Waals surface area contributed by atoms with Crippen molar-refractivity contribution in [2.24, 2.45) is 0 Å². The highest BCUT2D eigenvalue weighted by Gasteiger charge is 2.41. The molecule has 192 valence electrons. The molecule has 4 N–H and O–H groups in total. The van der Waals surface area contributed by atoms with E-state index in [-0.39, 0.29) is 23.0 Å². The maximum Gasteiger partial charge on any atom is 0.278 e. The van der Waals surface area contributed by atoms with Crippen molar-refractivity contribution in [1.29, 1.82) is 5.26 Å². The second-order valence-corrected chi connectivity index (χ2v) is 9.48. The van der Waals surface area contributed by atoms with Gasteiger partial charge in [-0.3, -0.25) is 4.40 Å². The van der Waals surface area contributed by atoms with E-state index in [1.54, 1.807) is 0 Å². The van der Waals surface area contributed by atoms with Crippen LogP contribution in [0.2, 0.25) is 0 Å². The van der Waals surface area contributed by atoms with Crippen LogP contribution in [0.25, 0.3) is 16.8 Å². The molecule has 4 aromatic rings. The fraction of sp³-hybridized carbons (Fsp3) is 0.269. The SMILES string of the molecule is [B]C1c2c(ccc(F)c2C(O)(O)Nc2ncc(-c3ccc(CN(C)C)cc3C)c3nc(C#N)cn23)OC1O. The quantitative estimate of drug-likeness (QED) is 0.225. The van der Waals surface area contributed by atoms with Gasteiger partial charge in [-0.2, -0.15) is 5.26 Å². The zero-order valence-electron chi connectivity index (χ0n) is 20.8. The Morgan fingerprint density at radius 3 is 2.71 bits per heavy atom. The van der Waals surface area contributed by atoms with Crippen molar-refractivity contribution in [1.82, 2.24) is 19.3 Å². The number of hydrogen-bond donors (Lipinski definition) is 4. The number of fused-ring (bicyclic) bond motifs is 2. The van der Waals surface area contributed by atoms with E-state index in [0.29, 0.717) is 11.2 Å². The summed E-state index contributed by atoms with van der Waals surface area (Å²) in [5.41, 5.74) is 3.19. The maximum atomic E-state index is 14.9. The van der Waals surface area contributed by atoms with Gasteiger partial charge in [0.15, 0.2) is 17.6 Å². The molecule has 2 unspecified atom stereocenters. The van der Waals surface area contributed by atoms with E-state index in [1.165, 1.54) is 22.9 Å². The average Bonchev–Trinajstić information content (AvgIpc) is 3.41. The van der Waals surface area contributed by atoms with Gasteiger partial charge in [0, 0.05) is 29.7 Å². The lowest BCUT2D eigenvalue weighted by atomic mass is 9.78. The van der Waals surface area contributed by atoms with Crippen LogP contribution in [0.5, 0.6) is 5.75 Å². The molecule has 2 atom stereocenters. The number of hydrogen-bond acceptors (Lipinski definition) is 9. The van der Waals surface area contributed by atoms with Gasteiger partial charge in [-0.1, -0.05) is 18.2 Å². The number of nitriles is 1. The van der Waals surface area contributed by atoms with Crippen LogP contribution in [-0.4, -0.2) is 62.8 Å². The summed E-state index contributed by atoms with van der Waals surface area (Å²) in [6, 6.07) is 10.2. The van der Waals surface area contributed by atoms with E-state index >= 15 is 0 Å². The lowest BCUT2D eigenvalue weighted by molar-refractivity contribution is -0.146. The number of rotatable bonds is 6. The van der Waals surface area contributed by atoms with Crippen molar-refractivity contribution in [2.45, 2.75) is 31.5 Å². The zero-order chi connectivity index (χ0) is 27.4. The first-order valence-electron chi connectivity index (χ1n) is 11.7. The maximum absolute atomic E-state index is 14.9. The molecule has 5 rings (SSSR count).